The number of likely N-dealkylation sites (tertiary alicyclic amines) is 1. The minimum absolute atomic E-state index is 0.0385. The zero-order valence-corrected chi connectivity index (χ0v) is 12.9. The van der Waals surface area contributed by atoms with Gasteiger partial charge in [-0.25, -0.2) is 0 Å². The Bertz CT molecular complexity index is 465. The number of anilines is 1. The van der Waals surface area contributed by atoms with Crippen LogP contribution in [0.1, 0.15) is 12.8 Å². The van der Waals surface area contributed by atoms with Crippen LogP contribution in [0, 0.1) is 5.92 Å². The van der Waals surface area contributed by atoms with Gasteiger partial charge in [0.2, 0.25) is 5.91 Å². The van der Waals surface area contributed by atoms with Gasteiger partial charge in [0.05, 0.1) is 12.8 Å². The quantitative estimate of drug-likeness (QED) is 0.800. The van der Waals surface area contributed by atoms with Crippen molar-refractivity contribution in [3.8, 4) is 5.75 Å². The van der Waals surface area contributed by atoms with Gasteiger partial charge >= 0.3 is 0 Å². The van der Waals surface area contributed by atoms with E-state index in [1.165, 1.54) is 6.42 Å². The van der Waals surface area contributed by atoms with Crippen molar-refractivity contribution >= 4 is 11.6 Å². The van der Waals surface area contributed by atoms with Crippen molar-refractivity contribution < 1.29 is 9.53 Å². The fourth-order valence-corrected chi connectivity index (χ4v) is 2.79. The Morgan fingerprint density at radius 1 is 1.43 bits per heavy atom. The second kappa shape index (κ2) is 8.00. The molecule has 2 N–H and O–H groups in total. The molecule has 1 aromatic carbocycles. The minimum atomic E-state index is 0.0385. The maximum absolute atomic E-state index is 12.0. The third-order valence-corrected chi connectivity index (χ3v) is 3.90. The second-order valence-corrected chi connectivity index (χ2v) is 5.51. The van der Waals surface area contributed by atoms with Gasteiger partial charge in [-0.15, -0.1) is 0 Å². The number of hydrogen-bond acceptors (Lipinski definition) is 4. The Labute approximate surface area is 126 Å². The molecule has 1 aliphatic heterocycles. The van der Waals surface area contributed by atoms with E-state index >= 15 is 0 Å². The predicted molar refractivity (Wildman–Crippen MR) is 84.7 cm³/mol. The lowest BCUT2D eigenvalue weighted by Crippen LogP contribution is -2.27. The van der Waals surface area contributed by atoms with Crippen LogP contribution in [0.2, 0.25) is 0 Å². The smallest absolute Gasteiger partial charge is 0.225 e. The van der Waals surface area contributed by atoms with Gasteiger partial charge < -0.3 is 20.3 Å². The number of methoxy groups -OCH3 is 1. The van der Waals surface area contributed by atoms with Crippen LogP contribution in [0.15, 0.2) is 24.3 Å². The number of hydrogen-bond donors (Lipinski definition) is 2. The summed E-state index contributed by atoms with van der Waals surface area (Å²) >= 11 is 0. The molecule has 5 nitrogen and oxygen atoms in total. The van der Waals surface area contributed by atoms with Crippen molar-refractivity contribution in [1.29, 1.82) is 0 Å². The number of amides is 1. The van der Waals surface area contributed by atoms with Crippen LogP contribution in [0.3, 0.4) is 0 Å². The molecule has 1 aromatic rings. The van der Waals surface area contributed by atoms with Crippen LogP contribution in [-0.2, 0) is 4.79 Å². The van der Waals surface area contributed by atoms with E-state index in [9.17, 15) is 4.79 Å². The average Bonchev–Trinajstić information content (AvgIpc) is 2.94. The molecule has 1 saturated heterocycles. The van der Waals surface area contributed by atoms with E-state index in [0.29, 0.717) is 18.1 Å². The lowest BCUT2D eigenvalue weighted by molar-refractivity contribution is -0.116. The third-order valence-electron chi connectivity index (χ3n) is 3.90. The Balaban J connectivity index is 1.75. The molecule has 0 aliphatic carbocycles. The molecule has 116 valence electrons. The number of rotatable bonds is 7. The highest BCUT2D eigenvalue weighted by Gasteiger charge is 2.21. The summed E-state index contributed by atoms with van der Waals surface area (Å²) in [7, 11) is 3.60. The number of nitrogens with zero attached hydrogens (tertiary/aromatic N) is 1. The van der Waals surface area contributed by atoms with Gasteiger partial charge in [-0.2, -0.15) is 0 Å². The van der Waals surface area contributed by atoms with Crippen molar-refractivity contribution in [3.05, 3.63) is 24.3 Å². The molecule has 1 unspecified atom stereocenters. The molecule has 1 fully saturated rings. The fourth-order valence-electron chi connectivity index (χ4n) is 2.79. The van der Waals surface area contributed by atoms with Crippen LogP contribution in [-0.4, -0.2) is 51.1 Å². The second-order valence-electron chi connectivity index (χ2n) is 5.51. The molecular weight excluding hydrogens is 266 g/mol. The number of ether oxygens (including phenoxy) is 1. The average molecular weight is 291 g/mol. The highest BCUT2D eigenvalue weighted by Crippen LogP contribution is 2.23. The highest BCUT2D eigenvalue weighted by atomic mass is 16.5. The minimum Gasteiger partial charge on any atom is -0.495 e. The van der Waals surface area contributed by atoms with E-state index in [0.717, 1.165) is 31.9 Å². The first-order valence-corrected chi connectivity index (χ1v) is 7.52. The molecule has 1 aliphatic rings. The summed E-state index contributed by atoms with van der Waals surface area (Å²) in [5.74, 6) is 1.45. The summed E-state index contributed by atoms with van der Waals surface area (Å²) in [4.78, 5) is 14.4. The van der Waals surface area contributed by atoms with Crippen LogP contribution in [0.5, 0.6) is 5.75 Å². The zero-order valence-electron chi connectivity index (χ0n) is 12.9. The van der Waals surface area contributed by atoms with E-state index in [2.05, 4.69) is 15.5 Å². The van der Waals surface area contributed by atoms with E-state index < -0.39 is 0 Å². The van der Waals surface area contributed by atoms with Crippen molar-refractivity contribution in [1.82, 2.24) is 10.2 Å². The first kappa shape index (κ1) is 15.8. The van der Waals surface area contributed by atoms with Gasteiger partial charge in [0.15, 0.2) is 0 Å². The van der Waals surface area contributed by atoms with Gasteiger partial charge in [-0.1, -0.05) is 12.1 Å². The SMILES string of the molecule is CNCC1CCN(CCC(=O)Nc2ccccc2OC)C1. The third kappa shape index (κ3) is 4.72. The van der Waals surface area contributed by atoms with Gasteiger partial charge in [0.25, 0.3) is 0 Å². The lowest BCUT2D eigenvalue weighted by atomic mass is 10.1. The molecule has 5 heteroatoms. The van der Waals surface area contributed by atoms with Crippen LogP contribution < -0.4 is 15.4 Å². The summed E-state index contributed by atoms with van der Waals surface area (Å²) in [6, 6.07) is 7.48. The largest absolute Gasteiger partial charge is 0.495 e. The molecular formula is C16H25N3O2. The number of carbonyl (C=O) groups excluding carboxylic acids is 1. The Morgan fingerprint density at radius 3 is 3.00 bits per heavy atom. The predicted octanol–water partition coefficient (Wildman–Crippen LogP) is 1.57. The molecule has 0 radical (unpaired) electrons. The van der Waals surface area contributed by atoms with Crippen molar-refractivity contribution in [2.75, 3.05) is 45.7 Å². The van der Waals surface area contributed by atoms with Crippen LogP contribution in [0.25, 0.3) is 0 Å². The number of carbonyl (C=O) groups is 1. The summed E-state index contributed by atoms with van der Waals surface area (Å²) in [5, 5.41) is 6.14. The fraction of sp³-hybridized carbons (Fsp3) is 0.562. The van der Waals surface area contributed by atoms with Gasteiger partial charge in [0.1, 0.15) is 5.75 Å². The van der Waals surface area contributed by atoms with Crippen molar-refractivity contribution in [2.45, 2.75) is 12.8 Å². The lowest BCUT2D eigenvalue weighted by Gasteiger charge is -2.16. The molecule has 0 bridgehead atoms. The van der Waals surface area contributed by atoms with Crippen LogP contribution in [0.4, 0.5) is 5.69 Å². The molecule has 0 aromatic heterocycles. The van der Waals surface area contributed by atoms with Crippen LogP contribution >= 0.6 is 0 Å². The Kier molecular flexibility index (Phi) is 6.02. The normalized spacial score (nSPS) is 18.7. The number of nitrogens with one attached hydrogen (secondary N) is 2. The van der Waals surface area contributed by atoms with Gasteiger partial charge in [0, 0.05) is 19.5 Å². The topological polar surface area (TPSA) is 53.6 Å². The van der Waals surface area contributed by atoms with E-state index in [1.54, 1.807) is 7.11 Å². The first-order valence-electron chi connectivity index (χ1n) is 7.52. The number of para-hydroxylation sites is 2. The Hall–Kier alpha value is -1.59. The van der Waals surface area contributed by atoms with Crippen molar-refractivity contribution in [2.24, 2.45) is 5.92 Å². The van der Waals surface area contributed by atoms with Gasteiger partial charge in [-0.05, 0) is 44.6 Å². The maximum atomic E-state index is 12.0. The highest BCUT2D eigenvalue weighted by molar-refractivity contribution is 5.92. The monoisotopic (exact) mass is 291 g/mol. The molecule has 1 amide bonds. The van der Waals surface area contributed by atoms with E-state index in [1.807, 2.05) is 31.3 Å². The summed E-state index contributed by atoms with van der Waals surface area (Å²) < 4.78 is 5.23. The Morgan fingerprint density at radius 2 is 2.24 bits per heavy atom. The molecule has 1 heterocycles. The molecule has 2 rings (SSSR count). The maximum Gasteiger partial charge on any atom is 0.225 e. The zero-order chi connectivity index (χ0) is 15.1. The molecule has 0 saturated carbocycles. The van der Waals surface area contributed by atoms with E-state index in [4.69, 9.17) is 4.74 Å². The first-order chi connectivity index (χ1) is 10.2. The summed E-state index contributed by atoms with van der Waals surface area (Å²) in [6.07, 6.45) is 1.74. The summed E-state index contributed by atoms with van der Waals surface area (Å²) in [5.41, 5.74) is 0.736. The molecule has 21 heavy (non-hydrogen) atoms. The standard InChI is InChI=1S/C16H25N3O2/c1-17-11-13-7-9-19(12-13)10-8-16(20)18-14-5-3-4-6-15(14)21-2/h3-6,13,17H,7-12H2,1-2H3,(H,18,20). The van der Waals surface area contributed by atoms with E-state index in [-0.39, 0.29) is 5.91 Å². The molecule has 1 atom stereocenters. The molecule has 0 spiro atoms. The van der Waals surface area contributed by atoms with Crippen molar-refractivity contribution in [3.63, 3.8) is 0 Å². The number of benzene rings is 1. The van der Waals surface area contributed by atoms with Gasteiger partial charge in [-0.3, -0.25) is 4.79 Å². The summed E-state index contributed by atoms with van der Waals surface area (Å²) in [6.45, 7) is 4.06.